The molecule has 0 atom stereocenters. The molecule has 2 N–H and O–H groups in total. The van der Waals surface area contributed by atoms with Gasteiger partial charge in [-0.15, -0.1) is 5.73 Å². The summed E-state index contributed by atoms with van der Waals surface area (Å²) in [6.45, 7) is 24.3. The molecular formula is C39H63N5O2. The molecule has 0 unspecified atom stereocenters. The number of hydrogen-bond acceptors (Lipinski definition) is 5. The summed E-state index contributed by atoms with van der Waals surface area (Å²) in [5, 5.41) is 5.82. The Morgan fingerprint density at radius 1 is 1.13 bits per heavy atom. The number of anilines is 2. The predicted molar refractivity (Wildman–Crippen MR) is 201 cm³/mol. The molecule has 7 nitrogen and oxygen atoms in total. The van der Waals surface area contributed by atoms with Gasteiger partial charge in [-0.1, -0.05) is 84.6 Å². The van der Waals surface area contributed by atoms with Crippen LogP contribution < -0.4 is 10.6 Å². The van der Waals surface area contributed by atoms with Gasteiger partial charge in [0, 0.05) is 34.6 Å². The van der Waals surface area contributed by atoms with Crippen LogP contribution in [0.5, 0.6) is 0 Å². The number of piperidine rings is 1. The largest absolute Gasteiger partial charge is 0.383 e. The molecular weight excluding hydrogens is 570 g/mol. The van der Waals surface area contributed by atoms with E-state index in [9.17, 15) is 9.59 Å². The summed E-state index contributed by atoms with van der Waals surface area (Å²) in [5.41, 5.74) is 8.23. The molecule has 1 saturated carbocycles. The average Bonchev–Trinajstić information content (AvgIpc) is 2.99. The topological polar surface area (TPSA) is 77.6 Å². The van der Waals surface area contributed by atoms with E-state index in [1.165, 1.54) is 44.9 Å². The van der Waals surface area contributed by atoms with E-state index in [4.69, 9.17) is 0 Å². The quantitative estimate of drug-likeness (QED) is 0.188. The highest BCUT2D eigenvalue weighted by molar-refractivity contribution is 5.95. The summed E-state index contributed by atoms with van der Waals surface area (Å²) in [6, 6.07) is 1.79. The second-order valence-corrected chi connectivity index (χ2v) is 12.5. The van der Waals surface area contributed by atoms with Crippen LogP contribution in [0.3, 0.4) is 0 Å². The van der Waals surface area contributed by atoms with Crippen molar-refractivity contribution in [2.45, 2.75) is 92.0 Å². The maximum Gasteiger partial charge on any atom is 0.238 e. The van der Waals surface area contributed by atoms with E-state index in [1.807, 2.05) is 77.2 Å². The lowest BCUT2D eigenvalue weighted by atomic mass is 9.70. The molecule has 3 rings (SSSR count). The second-order valence-electron chi connectivity index (χ2n) is 12.5. The minimum absolute atomic E-state index is 0. The lowest BCUT2D eigenvalue weighted by Gasteiger charge is -2.53. The normalized spacial score (nSPS) is 15.8. The number of rotatable bonds is 11. The molecule has 2 amide bonds. The van der Waals surface area contributed by atoms with Gasteiger partial charge in [-0.05, 0) is 81.4 Å². The van der Waals surface area contributed by atoms with Gasteiger partial charge in [-0.2, -0.15) is 0 Å². The highest BCUT2D eigenvalue weighted by Crippen LogP contribution is 2.44. The van der Waals surface area contributed by atoms with Gasteiger partial charge in [-0.25, -0.2) is 0 Å². The van der Waals surface area contributed by atoms with E-state index < -0.39 is 0 Å². The van der Waals surface area contributed by atoms with Crippen LogP contribution in [0.2, 0.25) is 0 Å². The van der Waals surface area contributed by atoms with E-state index in [0.717, 1.165) is 29.0 Å². The third-order valence-electron chi connectivity index (χ3n) is 7.78. The molecule has 0 bridgehead atoms. The Hall–Kier alpha value is -3.93. The summed E-state index contributed by atoms with van der Waals surface area (Å²) in [7, 11) is 3.96. The van der Waals surface area contributed by atoms with Crippen LogP contribution in [0.4, 0.5) is 11.4 Å². The number of amides is 2. The minimum Gasteiger partial charge on any atom is -0.383 e. The van der Waals surface area contributed by atoms with Gasteiger partial charge >= 0.3 is 0 Å². The molecule has 256 valence electrons. The number of hydrogen-bond donors (Lipinski definition) is 2. The van der Waals surface area contributed by atoms with Crippen molar-refractivity contribution in [1.29, 1.82) is 0 Å². The number of aryl methyl sites for hydroxylation is 1. The molecule has 7 heteroatoms. The first-order chi connectivity index (χ1) is 21.9. The maximum absolute atomic E-state index is 12.6. The summed E-state index contributed by atoms with van der Waals surface area (Å²) >= 11 is 0. The van der Waals surface area contributed by atoms with Crippen molar-refractivity contribution in [3.05, 3.63) is 96.7 Å². The maximum atomic E-state index is 12.6. The van der Waals surface area contributed by atoms with Gasteiger partial charge in [-0.3, -0.25) is 19.5 Å². The first-order valence-corrected chi connectivity index (χ1v) is 16.6. The Kier molecular flexibility index (Phi) is 18.3. The summed E-state index contributed by atoms with van der Waals surface area (Å²) in [6.07, 6.45) is 21.8. The van der Waals surface area contributed by atoms with Crippen molar-refractivity contribution < 1.29 is 12.4 Å². The van der Waals surface area contributed by atoms with Crippen molar-refractivity contribution >= 4 is 23.2 Å². The first-order valence-electron chi connectivity index (χ1n) is 16.6. The molecule has 1 aliphatic heterocycles. The van der Waals surface area contributed by atoms with Crippen molar-refractivity contribution in [3.63, 3.8) is 0 Å². The molecule has 2 heterocycles. The lowest BCUT2D eigenvalue weighted by Crippen LogP contribution is -2.58. The molecule has 1 spiro atoms. The van der Waals surface area contributed by atoms with Crippen LogP contribution in [0.25, 0.3) is 0 Å². The lowest BCUT2D eigenvalue weighted by molar-refractivity contribution is -0.121. The number of pyridine rings is 1. The average molecular weight is 634 g/mol. The number of aromatic nitrogens is 1. The Balaban J connectivity index is 0. The van der Waals surface area contributed by atoms with Gasteiger partial charge in [0.05, 0.1) is 29.8 Å². The smallest absolute Gasteiger partial charge is 0.238 e. The Morgan fingerprint density at radius 3 is 2.30 bits per heavy atom. The van der Waals surface area contributed by atoms with Gasteiger partial charge in [0.25, 0.3) is 0 Å². The minimum atomic E-state index is -0.106. The van der Waals surface area contributed by atoms with Crippen LogP contribution >= 0.6 is 0 Å². The first kappa shape index (κ1) is 40.1. The summed E-state index contributed by atoms with van der Waals surface area (Å²) < 4.78 is 0. The molecule has 1 aromatic rings. The molecule has 1 saturated heterocycles. The molecule has 1 aromatic heterocycles. The molecule has 46 heavy (non-hydrogen) atoms. The number of allylic oxidation sites excluding steroid dienone is 8. The zero-order chi connectivity index (χ0) is 34.7. The molecule has 1 aliphatic carbocycles. The number of carbonyl (C=O) groups excluding carboxylic acids is 2. The standard InChI is InChI=1S/C20H30N4O2.C16H21N.C3H8.2H2/c1-14(2)19(26)23-17-11-16(12-21-15(17)3)22-18(25)13-24-10-5-4-7-20(24)8-6-9-20;1-7-10-11-16(12-14(4)8-2)15(9-3)13-17(5)6;1-3-2;;/h11-12,14H,4-10,13H2,1-3H3,(H,22,25)(H,23,26);7,9-13H,1-3H2,4-6H3;3H2,1-2H3;2*1H/b;11-10-,15-13+,16-12+;;;. The fourth-order valence-electron chi connectivity index (χ4n) is 5.14. The van der Waals surface area contributed by atoms with E-state index in [1.54, 1.807) is 18.3 Å². The van der Waals surface area contributed by atoms with Crippen molar-refractivity contribution in [2.24, 2.45) is 5.92 Å². The summed E-state index contributed by atoms with van der Waals surface area (Å²) in [5.74, 6) is -0.172. The highest BCUT2D eigenvalue weighted by Gasteiger charge is 2.44. The Bertz CT molecular complexity index is 1320. The van der Waals surface area contributed by atoms with Gasteiger partial charge in [0.1, 0.15) is 0 Å². The van der Waals surface area contributed by atoms with Crippen molar-refractivity contribution in [3.8, 4) is 0 Å². The van der Waals surface area contributed by atoms with Gasteiger partial charge in [0.15, 0.2) is 0 Å². The number of likely N-dealkylation sites (tertiary alicyclic amines) is 1. The number of carbonyl (C=O) groups is 2. The summed E-state index contributed by atoms with van der Waals surface area (Å²) in [4.78, 5) is 33.2. The van der Waals surface area contributed by atoms with Crippen LogP contribution in [-0.2, 0) is 9.59 Å². The molecule has 0 aromatic carbocycles. The van der Waals surface area contributed by atoms with Crippen LogP contribution in [0, 0.1) is 12.8 Å². The number of nitrogens with zero attached hydrogens (tertiary/aromatic N) is 3. The van der Waals surface area contributed by atoms with E-state index in [0.29, 0.717) is 17.9 Å². The van der Waals surface area contributed by atoms with Gasteiger partial charge in [0.2, 0.25) is 11.8 Å². The van der Waals surface area contributed by atoms with E-state index in [2.05, 4.69) is 59.8 Å². The molecule has 2 aliphatic rings. The SMILES string of the molecule is C=C=C(C)/C=C(\C=C/C=C)C(/C=C)=C/N(C)C.CCC.Cc1ncc(NC(=O)CN2CCCCC23CCC3)cc1NC(=O)C(C)C.[HH].[HH]. The van der Waals surface area contributed by atoms with Crippen molar-refractivity contribution in [2.75, 3.05) is 37.8 Å². The monoisotopic (exact) mass is 633 g/mol. The fraction of sp³-hybridized carbons (Fsp3) is 0.487. The highest BCUT2D eigenvalue weighted by atomic mass is 16.2. The van der Waals surface area contributed by atoms with Gasteiger partial charge < -0.3 is 15.5 Å². The van der Waals surface area contributed by atoms with Crippen LogP contribution in [0.15, 0.2) is 91.0 Å². The Morgan fingerprint density at radius 2 is 1.78 bits per heavy atom. The van der Waals surface area contributed by atoms with E-state index >= 15 is 0 Å². The zero-order valence-electron chi connectivity index (χ0n) is 29.8. The Labute approximate surface area is 282 Å². The van der Waals surface area contributed by atoms with Crippen molar-refractivity contribution in [1.82, 2.24) is 14.8 Å². The third kappa shape index (κ3) is 13.6. The predicted octanol–water partition coefficient (Wildman–Crippen LogP) is 9.26. The molecule has 2 fully saturated rings. The third-order valence-corrected chi connectivity index (χ3v) is 7.78. The second kappa shape index (κ2) is 21.0. The van der Waals surface area contributed by atoms with Crippen LogP contribution in [-0.4, -0.2) is 59.3 Å². The van der Waals surface area contributed by atoms with E-state index in [-0.39, 0.29) is 26.1 Å². The van der Waals surface area contributed by atoms with Crippen LogP contribution in [0.1, 0.15) is 88.1 Å². The fourth-order valence-corrected chi connectivity index (χ4v) is 5.14. The zero-order valence-corrected chi connectivity index (χ0v) is 29.8. The number of nitrogens with one attached hydrogen (secondary N) is 2. The molecule has 0 radical (unpaired) electrons.